The summed E-state index contributed by atoms with van der Waals surface area (Å²) in [6, 6.07) is 0. The van der Waals surface area contributed by atoms with Gasteiger partial charge in [0.2, 0.25) is 0 Å². The Kier molecular flexibility index (Phi) is 3.21. The molecule has 0 bridgehead atoms. The third-order valence-electron chi connectivity index (χ3n) is 1.32. The summed E-state index contributed by atoms with van der Waals surface area (Å²) in [4.78, 5) is 0. The Balaban J connectivity index is 2.78. The van der Waals surface area contributed by atoms with Gasteiger partial charge in [-0.15, -0.1) is 11.6 Å². The molecule has 1 rings (SSSR count). The molecule has 0 amide bonds. The Labute approximate surface area is 85.2 Å². The summed E-state index contributed by atoms with van der Waals surface area (Å²) in [5.74, 6) is -0.198. The number of halogens is 3. The first kappa shape index (κ1) is 10.8. The van der Waals surface area contributed by atoms with Crippen molar-refractivity contribution in [3.05, 3.63) is 22.9 Å². The van der Waals surface area contributed by atoms with Crippen molar-refractivity contribution in [3.63, 3.8) is 0 Å². The lowest BCUT2D eigenvalue weighted by atomic mass is 10.2. The number of alkyl halides is 1. The number of hydrogen-bond acceptors (Lipinski definition) is 3. The van der Waals surface area contributed by atoms with Crippen LogP contribution in [0, 0.1) is 0 Å². The van der Waals surface area contributed by atoms with Crippen LogP contribution in [0.3, 0.4) is 0 Å². The van der Waals surface area contributed by atoms with Crippen molar-refractivity contribution in [1.29, 1.82) is 0 Å². The summed E-state index contributed by atoms with van der Waals surface area (Å²) in [7, 11) is -5.02. The van der Waals surface area contributed by atoms with Gasteiger partial charge in [-0.1, -0.05) is 21.6 Å². The Hall–Kier alpha value is -0.260. The van der Waals surface area contributed by atoms with Gasteiger partial charge in [0, 0.05) is 5.03 Å². The van der Waals surface area contributed by atoms with Crippen molar-refractivity contribution in [2.24, 2.45) is 0 Å². The molecule has 0 heterocycles. The molecule has 0 N–H and O–H groups in total. The highest BCUT2D eigenvalue weighted by atomic mass is 35.5. The molecule has 1 aliphatic carbocycles. The van der Waals surface area contributed by atoms with Crippen LogP contribution in [-0.2, 0) is 14.7 Å². The summed E-state index contributed by atoms with van der Waals surface area (Å²) < 4.78 is 36.2. The molecule has 0 fully saturated rings. The molecule has 1 unspecified atom stereocenters. The lowest BCUT2D eigenvalue weighted by Gasteiger charge is -2.14. The molecule has 0 aromatic rings. The predicted octanol–water partition coefficient (Wildman–Crippen LogP) is 2.24. The molecule has 0 aromatic heterocycles. The molecule has 3 nitrogen and oxygen atoms in total. The Morgan fingerprint density at radius 3 is 2.69 bits per heavy atom. The molecule has 0 aliphatic heterocycles. The van der Waals surface area contributed by atoms with Crippen molar-refractivity contribution in [3.8, 4) is 0 Å². The molecule has 0 saturated heterocycles. The van der Waals surface area contributed by atoms with Gasteiger partial charge in [-0.3, -0.25) is 0 Å². The van der Waals surface area contributed by atoms with Gasteiger partial charge < -0.3 is 4.18 Å². The average molecular weight is 247 g/mol. The summed E-state index contributed by atoms with van der Waals surface area (Å²) >= 11 is 11.2. The van der Waals surface area contributed by atoms with Crippen LogP contribution in [-0.4, -0.2) is 13.8 Å². The Bertz CT molecular complexity index is 360. The number of hydrogen-bond donors (Lipinski definition) is 0. The second-order valence-corrected chi connectivity index (χ2v) is 4.10. The van der Waals surface area contributed by atoms with Gasteiger partial charge in [-0.05, 0) is 12.5 Å². The van der Waals surface area contributed by atoms with E-state index in [1.165, 1.54) is 6.08 Å². The minimum Gasteiger partial charge on any atom is -0.361 e. The van der Waals surface area contributed by atoms with E-state index in [1.54, 1.807) is 6.08 Å². The van der Waals surface area contributed by atoms with Crippen LogP contribution in [0.25, 0.3) is 0 Å². The quantitative estimate of drug-likeness (QED) is 0.555. The van der Waals surface area contributed by atoms with Gasteiger partial charge in [0.15, 0.2) is 0 Å². The van der Waals surface area contributed by atoms with Crippen molar-refractivity contribution in [2.45, 2.75) is 11.8 Å². The number of allylic oxidation sites excluding steroid dienone is 3. The molecule has 0 radical (unpaired) electrons. The Morgan fingerprint density at radius 2 is 2.15 bits per heavy atom. The zero-order valence-electron chi connectivity index (χ0n) is 6.21. The fourth-order valence-corrected chi connectivity index (χ4v) is 1.69. The maximum Gasteiger partial charge on any atom is 0.488 e. The van der Waals surface area contributed by atoms with Gasteiger partial charge >= 0.3 is 10.5 Å². The third-order valence-corrected chi connectivity index (χ3v) is 2.65. The largest absolute Gasteiger partial charge is 0.488 e. The van der Waals surface area contributed by atoms with E-state index in [0.717, 1.165) is 0 Å². The first-order valence-corrected chi connectivity index (χ1v) is 5.36. The van der Waals surface area contributed by atoms with Crippen molar-refractivity contribution in [1.82, 2.24) is 0 Å². The minimum absolute atomic E-state index is 0.198. The van der Waals surface area contributed by atoms with Gasteiger partial charge in [-0.2, -0.15) is 8.42 Å². The van der Waals surface area contributed by atoms with E-state index in [0.29, 0.717) is 6.42 Å². The summed E-state index contributed by atoms with van der Waals surface area (Å²) in [5.41, 5.74) is 0. The van der Waals surface area contributed by atoms with Crippen LogP contribution in [0.1, 0.15) is 6.42 Å². The number of rotatable bonds is 2. The van der Waals surface area contributed by atoms with Crippen molar-refractivity contribution in [2.75, 3.05) is 0 Å². The second kappa shape index (κ2) is 3.86. The van der Waals surface area contributed by atoms with Crippen LogP contribution in [0.5, 0.6) is 0 Å². The fourth-order valence-electron chi connectivity index (χ4n) is 0.822. The normalized spacial score (nSPS) is 23.5. The van der Waals surface area contributed by atoms with E-state index in [1.807, 2.05) is 0 Å². The minimum atomic E-state index is -5.02. The SMILES string of the molecule is O=S(=O)(F)OC1=CCC=C(Cl)C1Cl. The lowest BCUT2D eigenvalue weighted by molar-refractivity contribution is 0.364. The van der Waals surface area contributed by atoms with E-state index < -0.39 is 15.9 Å². The van der Waals surface area contributed by atoms with E-state index in [2.05, 4.69) is 4.18 Å². The van der Waals surface area contributed by atoms with Gasteiger partial charge in [0.25, 0.3) is 0 Å². The summed E-state index contributed by atoms with van der Waals surface area (Å²) in [6.45, 7) is 0. The van der Waals surface area contributed by atoms with Crippen LogP contribution in [0.15, 0.2) is 22.9 Å². The lowest BCUT2D eigenvalue weighted by Crippen LogP contribution is -2.12. The van der Waals surface area contributed by atoms with Crippen LogP contribution < -0.4 is 0 Å². The topological polar surface area (TPSA) is 43.4 Å². The van der Waals surface area contributed by atoms with Crippen LogP contribution >= 0.6 is 23.2 Å². The first-order chi connectivity index (χ1) is 5.90. The molecule has 1 aliphatic rings. The first-order valence-electron chi connectivity index (χ1n) is 3.24. The molecule has 0 aromatic carbocycles. The maximum atomic E-state index is 12.1. The Morgan fingerprint density at radius 1 is 1.54 bits per heavy atom. The van der Waals surface area contributed by atoms with Crippen LogP contribution in [0.4, 0.5) is 3.89 Å². The molecule has 1 atom stereocenters. The molecule has 0 spiro atoms. The molecule has 0 saturated carbocycles. The highest BCUT2D eigenvalue weighted by Crippen LogP contribution is 2.29. The molecule has 7 heteroatoms. The molecule has 13 heavy (non-hydrogen) atoms. The molecular weight excluding hydrogens is 242 g/mol. The zero-order chi connectivity index (χ0) is 10.1. The van der Waals surface area contributed by atoms with E-state index >= 15 is 0 Å². The molecule has 74 valence electrons. The predicted molar refractivity (Wildman–Crippen MR) is 47.4 cm³/mol. The standard InChI is InChI=1S/C6H5Cl2FO3S/c7-4-2-1-3-5(6(4)8)12-13(9,10)11/h2-3,6H,1H2. The van der Waals surface area contributed by atoms with E-state index in [4.69, 9.17) is 23.2 Å². The summed E-state index contributed by atoms with van der Waals surface area (Å²) in [6.07, 6.45) is 3.30. The van der Waals surface area contributed by atoms with Crippen molar-refractivity contribution < 1.29 is 16.5 Å². The van der Waals surface area contributed by atoms with E-state index in [9.17, 15) is 12.3 Å². The van der Waals surface area contributed by atoms with Gasteiger partial charge in [0.05, 0.1) is 0 Å². The summed E-state index contributed by atoms with van der Waals surface area (Å²) in [5, 5.41) is -0.705. The van der Waals surface area contributed by atoms with Gasteiger partial charge in [-0.25, -0.2) is 0 Å². The average Bonchev–Trinajstić information content (AvgIpc) is 1.96. The highest BCUT2D eigenvalue weighted by Gasteiger charge is 2.24. The molecular formula is C6H5Cl2FO3S. The van der Waals surface area contributed by atoms with Gasteiger partial charge in [0.1, 0.15) is 11.1 Å². The van der Waals surface area contributed by atoms with Crippen LogP contribution in [0.2, 0.25) is 0 Å². The third kappa shape index (κ3) is 3.17. The monoisotopic (exact) mass is 246 g/mol. The fraction of sp³-hybridized carbons (Fsp3) is 0.333. The second-order valence-electron chi connectivity index (χ2n) is 2.27. The van der Waals surface area contributed by atoms with E-state index in [-0.39, 0.29) is 10.8 Å². The highest BCUT2D eigenvalue weighted by molar-refractivity contribution is 7.81. The maximum absolute atomic E-state index is 12.1. The zero-order valence-corrected chi connectivity index (χ0v) is 8.53. The smallest absolute Gasteiger partial charge is 0.361 e. The van der Waals surface area contributed by atoms with Crippen molar-refractivity contribution >= 4 is 33.7 Å².